The molecule has 0 atom stereocenters. The smallest absolute Gasteiger partial charge is 0.247 e. The molecule has 2 N–H and O–H groups in total. The minimum atomic E-state index is -0.404. The van der Waals surface area contributed by atoms with E-state index in [9.17, 15) is 9.59 Å². The van der Waals surface area contributed by atoms with Gasteiger partial charge in [0.15, 0.2) is 0 Å². The van der Waals surface area contributed by atoms with Crippen molar-refractivity contribution in [1.29, 1.82) is 0 Å². The van der Waals surface area contributed by atoms with Crippen LogP contribution in [-0.2, 0) is 16.6 Å². The second-order valence-electron chi connectivity index (χ2n) is 8.13. The molecular formula is C27H28N6O3. The molecule has 36 heavy (non-hydrogen) atoms. The predicted octanol–water partition coefficient (Wildman–Crippen LogP) is 4.88. The molecule has 4 rings (SSSR count). The van der Waals surface area contributed by atoms with Crippen molar-refractivity contribution in [3.8, 4) is 17.0 Å². The molecule has 4 aromatic rings. The number of methoxy groups -OCH3 is 1. The summed E-state index contributed by atoms with van der Waals surface area (Å²) in [5, 5.41) is 7.05. The molecule has 184 valence electrons. The summed E-state index contributed by atoms with van der Waals surface area (Å²) >= 11 is 0. The third-order valence-electron chi connectivity index (χ3n) is 5.87. The van der Waals surface area contributed by atoms with Crippen LogP contribution in [0.4, 0.5) is 23.0 Å². The maximum absolute atomic E-state index is 12.4. The van der Waals surface area contributed by atoms with Gasteiger partial charge in [0.25, 0.3) is 0 Å². The molecule has 0 spiro atoms. The Labute approximate surface area is 209 Å². The summed E-state index contributed by atoms with van der Waals surface area (Å²) in [7, 11) is 5.17. The number of rotatable bonds is 8. The molecule has 2 aromatic carbocycles. The van der Waals surface area contributed by atoms with Crippen LogP contribution in [0.1, 0.15) is 13.3 Å². The number of hydrogen-bond donors (Lipinski definition) is 2. The fraction of sp³-hybridized carbons (Fsp3) is 0.185. The molecule has 0 aliphatic heterocycles. The summed E-state index contributed by atoms with van der Waals surface area (Å²) in [5.74, 6) is 0.291. The highest BCUT2D eigenvalue weighted by atomic mass is 16.5. The number of carbonyl (C=O) groups excluding carboxylic acids is 2. The summed E-state index contributed by atoms with van der Waals surface area (Å²) in [6.07, 6.45) is 5.19. The number of aromatic nitrogens is 3. The lowest BCUT2D eigenvalue weighted by Gasteiger charge is -2.23. The van der Waals surface area contributed by atoms with Crippen molar-refractivity contribution in [2.24, 2.45) is 7.05 Å². The normalized spacial score (nSPS) is 10.7. The number of nitrogens with one attached hydrogen (secondary N) is 2. The van der Waals surface area contributed by atoms with Gasteiger partial charge in [0.2, 0.25) is 17.8 Å². The Morgan fingerprint density at radius 3 is 2.69 bits per heavy atom. The first-order chi connectivity index (χ1) is 17.4. The second kappa shape index (κ2) is 10.3. The van der Waals surface area contributed by atoms with Crippen LogP contribution in [0.2, 0.25) is 0 Å². The standard InChI is InChI=1S/C27H28N6O3/c1-6-25(34)29-20-14-21(24(36-5)15-23(20)33(4)26(35)7-2)31-27-28-13-12-19(30-27)18-16-32(3)22-11-9-8-10-17(18)22/h6,8-16H,1,7H2,2-5H3,(H,29,34)(H,28,30,31). The van der Waals surface area contributed by atoms with Crippen molar-refractivity contribution >= 4 is 45.7 Å². The SMILES string of the molecule is C=CC(=O)Nc1cc(Nc2nccc(-c3cn(C)c4ccccc34)n2)c(OC)cc1N(C)C(=O)CC. The van der Waals surface area contributed by atoms with Crippen LogP contribution in [0.3, 0.4) is 0 Å². The Kier molecular flexibility index (Phi) is 7.00. The van der Waals surface area contributed by atoms with Gasteiger partial charge in [0, 0.05) is 55.4 Å². The number of amides is 2. The van der Waals surface area contributed by atoms with Gasteiger partial charge < -0.3 is 24.8 Å². The van der Waals surface area contributed by atoms with Gasteiger partial charge in [-0.2, -0.15) is 0 Å². The van der Waals surface area contributed by atoms with Crippen LogP contribution in [0.5, 0.6) is 5.75 Å². The molecule has 0 radical (unpaired) electrons. The summed E-state index contributed by atoms with van der Waals surface area (Å²) in [6.45, 7) is 5.29. The van der Waals surface area contributed by atoms with E-state index in [1.165, 1.54) is 18.1 Å². The Bertz CT molecular complexity index is 1460. The molecule has 0 bridgehead atoms. The first kappa shape index (κ1) is 24.5. The molecule has 0 aliphatic carbocycles. The van der Waals surface area contributed by atoms with Crippen molar-refractivity contribution in [1.82, 2.24) is 14.5 Å². The van der Waals surface area contributed by atoms with E-state index in [0.717, 1.165) is 22.2 Å². The quantitative estimate of drug-likeness (QED) is 0.346. The van der Waals surface area contributed by atoms with E-state index in [2.05, 4.69) is 38.9 Å². The van der Waals surface area contributed by atoms with Gasteiger partial charge in [-0.15, -0.1) is 0 Å². The van der Waals surface area contributed by atoms with Gasteiger partial charge in [-0.3, -0.25) is 9.59 Å². The van der Waals surface area contributed by atoms with Crippen LogP contribution in [-0.4, -0.2) is 40.5 Å². The van der Waals surface area contributed by atoms with Crippen molar-refractivity contribution < 1.29 is 14.3 Å². The topological polar surface area (TPSA) is 101 Å². The van der Waals surface area contributed by atoms with E-state index < -0.39 is 5.91 Å². The van der Waals surface area contributed by atoms with Crippen LogP contribution in [0.25, 0.3) is 22.2 Å². The summed E-state index contributed by atoms with van der Waals surface area (Å²) in [6, 6.07) is 13.3. The molecular weight excluding hydrogens is 456 g/mol. The average Bonchev–Trinajstić information content (AvgIpc) is 3.24. The third kappa shape index (κ3) is 4.76. The van der Waals surface area contributed by atoms with Gasteiger partial charge >= 0.3 is 0 Å². The lowest BCUT2D eigenvalue weighted by Crippen LogP contribution is -2.26. The highest BCUT2D eigenvalue weighted by molar-refractivity contribution is 6.05. The van der Waals surface area contributed by atoms with Gasteiger partial charge in [0.1, 0.15) is 5.75 Å². The molecule has 0 saturated carbocycles. The molecule has 0 saturated heterocycles. The largest absolute Gasteiger partial charge is 0.494 e. The lowest BCUT2D eigenvalue weighted by atomic mass is 10.1. The van der Waals surface area contributed by atoms with E-state index in [4.69, 9.17) is 9.72 Å². The average molecular weight is 485 g/mol. The summed E-state index contributed by atoms with van der Waals surface area (Å²) in [5.41, 5.74) is 4.27. The molecule has 9 heteroatoms. The number of nitrogens with zero attached hydrogens (tertiary/aromatic N) is 4. The molecule has 0 unspecified atom stereocenters. The minimum Gasteiger partial charge on any atom is -0.494 e. The number of hydrogen-bond acceptors (Lipinski definition) is 6. The zero-order chi connectivity index (χ0) is 25.8. The number of fused-ring (bicyclic) bond motifs is 1. The van der Waals surface area contributed by atoms with Crippen molar-refractivity contribution in [2.75, 3.05) is 29.7 Å². The molecule has 9 nitrogen and oxygen atoms in total. The van der Waals surface area contributed by atoms with Gasteiger partial charge in [-0.05, 0) is 24.3 Å². The van der Waals surface area contributed by atoms with Gasteiger partial charge in [0.05, 0.1) is 29.9 Å². The van der Waals surface area contributed by atoms with Crippen LogP contribution in [0.15, 0.2) is 67.5 Å². The monoisotopic (exact) mass is 484 g/mol. The fourth-order valence-electron chi connectivity index (χ4n) is 4.00. The van der Waals surface area contributed by atoms with Gasteiger partial charge in [-0.25, -0.2) is 9.97 Å². The maximum atomic E-state index is 12.4. The number of anilines is 4. The van der Waals surface area contributed by atoms with E-state index in [1.54, 1.807) is 32.3 Å². The number of benzene rings is 2. The van der Waals surface area contributed by atoms with Crippen LogP contribution < -0.4 is 20.3 Å². The number of para-hydroxylation sites is 1. The fourth-order valence-corrected chi connectivity index (χ4v) is 4.00. The van der Waals surface area contributed by atoms with Crippen LogP contribution >= 0.6 is 0 Å². The second-order valence-corrected chi connectivity index (χ2v) is 8.13. The summed E-state index contributed by atoms with van der Waals surface area (Å²) in [4.78, 5) is 35.1. The zero-order valence-electron chi connectivity index (χ0n) is 20.7. The van der Waals surface area contributed by atoms with Crippen molar-refractivity contribution in [3.63, 3.8) is 0 Å². The van der Waals surface area contributed by atoms with E-state index in [-0.39, 0.29) is 5.91 Å². The Morgan fingerprint density at radius 1 is 1.19 bits per heavy atom. The van der Waals surface area contributed by atoms with Crippen LogP contribution in [0, 0.1) is 0 Å². The molecule has 0 aliphatic rings. The lowest BCUT2D eigenvalue weighted by molar-refractivity contribution is -0.118. The van der Waals surface area contributed by atoms with E-state index >= 15 is 0 Å². The highest BCUT2D eigenvalue weighted by Crippen LogP contribution is 2.38. The van der Waals surface area contributed by atoms with Gasteiger partial charge in [-0.1, -0.05) is 31.7 Å². The van der Waals surface area contributed by atoms with E-state index in [0.29, 0.717) is 35.2 Å². The predicted molar refractivity (Wildman–Crippen MR) is 143 cm³/mol. The van der Waals surface area contributed by atoms with Crippen molar-refractivity contribution in [3.05, 3.63) is 67.5 Å². The first-order valence-corrected chi connectivity index (χ1v) is 11.4. The first-order valence-electron chi connectivity index (χ1n) is 11.4. The molecule has 0 fully saturated rings. The Balaban J connectivity index is 1.75. The minimum absolute atomic E-state index is 0.113. The highest BCUT2D eigenvalue weighted by Gasteiger charge is 2.19. The number of ether oxygens (including phenoxy) is 1. The maximum Gasteiger partial charge on any atom is 0.247 e. The number of aryl methyl sites for hydroxylation is 1. The Morgan fingerprint density at radius 2 is 1.97 bits per heavy atom. The van der Waals surface area contributed by atoms with E-state index in [1.807, 2.05) is 31.4 Å². The molecule has 2 aromatic heterocycles. The molecule has 2 heterocycles. The zero-order valence-corrected chi connectivity index (χ0v) is 20.7. The summed E-state index contributed by atoms with van der Waals surface area (Å²) < 4.78 is 7.65. The third-order valence-corrected chi connectivity index (χ3v) is 5.87. The molecule has 2 amide bonds. The van der Waals surface area contributed by atoms with Crippen molar-refractivity contribution in [2.45, 2.75) is 13.3 Å². The number of carbonyl (C=O) groups is 2. The Hall–Kier alpha value is -4.66.